The standard InChI is InChI=1S/C16H6F11I/c17-10-4-2-1-3-8(10)12-9(5-7(6-11(12)28)14(19,20)21)13(18,15(22,23)24)16(25,26)27/h1-6H. The summed E-state index contributed by atoms with van der Waals surface area (Å²) < 4.78 is 146. The highest BCUT2D eigenvalue weighted by atomic mass is 127. The first-order valence-electron chi connectivity index (χ1n) is 7.00. The molecule has 0 unspecified atom stereocenters. The Bertz CT molecular complexity index is 864. The summed E-state index contributed by atoms with van der Waals surface area (Å²) in [6, 6.07) is 3.08. The van der Waals surface area contributed by atoms with Crippen LogP contribution >= 0.6 is 22.6 Å². The van der Waals surface area contributed by atoms with Crippen molar-refractivity contribution in [3.05, 3.63) is 56.9 Å². The molecule has 0 saturated carbocycles. The molecule has 0 aliphatic carbocycles. The van der Waals surface area contributed by atoms with Crippen molar-refractivity contribution in [2.45, 2.75) is 24.2 Å². The van der Waals surface area contributed by atoms with Crippen LogP contribution in [0.2, 0.25) is 0 Å². The van der Waals surface area contributed by atoms with Crippen molar-refractivity contribution in [3.63, 3.8) is 0 Å². The van der Waals surface area contributed by atoms with E-state index in [1.807, 2.05) is 0 Å². The van der Waals surface area contributed by atoms with Crippen LogP contribution in [0.5, 0.6) is 0 Å². The van der Waals surface area contributed by atoms with E-state index in [2.05, 4.69) is 0 Å². The lowest BCUT2D eigenvalue weighted by Gasteiger charge is -2.33. The molecular weight excluding hydrogens is 528 g/mol. The topological polar surface area (TPSA) is 0 Å². The molecule has 28 heavy (non-hydrogen) atoms. The molecule has 0 heterocycles. The third kappa shape index (κ3) is 3.79. The largest absolute Gasteiger partial charge is 0.435 e. The van der Waals surface area contributed by atoms with Crippen LogP contribution < -0.4 is 0 Å². The van der Waals surface area contributed by atoms with E-state index in [9.17, 15) is 48.3 Å². The number of hydrogen-bond donors (Lipinski definition) is 0. The average Bonchev–Trinajstić information content (AvgIpc) is 2.51. The van der Waals surface area contributed by atoms with Gasteiger partial charge in [0.15, 0.2) is 0 Å². The zero-order chi connectivity index (χ0) is 21.7. The van der Waals surface area contributed by atoms with Gasteiger partial charge < -0.3 is 0 Å². The second kappa shape index (κ2) is 7.02. The van der Waals surface area contributed by atoms with Crippen molar-refractivity contribution in [2.24, 2.45) is 0 Å². The first kappa shape index (κ1) is 22.7. The first-order valence-corrected chi connectivity index (χ1v) is 8.08. The van der Waals surface area contributed by atoms with E-state index in [0.29, 0.717) is 6.07 Å². The highest BCUT2D eigenvalue weighted by Gasteiger charge is 2.74. The van der Waals surface area contributed by atoms with Crippen LogP contribution in [0.3, 0.4) is 0 Å². The minimum atomic E-state index is -6.67. The smallest absolute Gasteiger partial charge is 0.218 e. The fourth-order valence-corrected chi connectivity index (χ4v) is 3.36. The molecule has 2 aromatic rings. The summed E-state index contributed by atoms with van der Waals surface area (Å²) in [5, 5.41) is 0. The first-order chi connectivity index (χ1) is 12.5. The SMILES string of the molecule is Fc1ccccc1-c1c(I)cc(C(F)(F)F)cc1C(F)(C(F)(F)F)C(F)(F)F. The molecule has 0 N–H and O–H groups in total. The molecule has 2 rings (SSSR count). The molecule has 0 fully saturated rings. The Kier molecular flexibility index (Phi) is 5.69. The van der Waals surface area contributed by atoms with Gasteiger partial charge in [0, 0.05) is 20.3 Å². The Morgan fingerprint density at radius 1 is 0.714 bits per heavy atom. The van der Waals surface area contributed by atoms with Gasteiger partial charge in [-0.15, -0.1) is 0 Å². The summed E-state index contributed by atoms with van der Waals surface area (Å²) in [5.41, 5.74) is -12.7. The zero-order valence-corrected chi connectivity index (χ0v) is 15.2. The minimum absolute atomic E-state index is 0.207. The fourth-order valence-electron chi connectivity index (χ4n) is 2.45. The van der Waals surface area contributed by atoms with E-state index >= 15 is 0 Å². The van der Waals surface area contributed by atoms with Crippen molar-refractivity contribution < 1.29 is 48.3 Å². The van der Waals surface area contributed by atoms with Gasteiger partial charge in [0.2, 0.25) is 0 Å². The third-order valence-corrected chi connectivity index (χ3v) is 4.56. The maximum absolute atomic E-state index is 14.6. The van der Waals surface area contributed by atoms with Crippen molar-refractivity contribution in [2.75, 3.05) is 0 Å². The van der Waals surface area contributed by atoms with Gasteiger partial charge in [-0.05, 0) is 40.8 Å². The molecular formula is C16H6F11I. The Balaban J connectivity index is 3.06. The molecule has 0 spiro atoms. The molecule has 0 aliphatic heterocycles. The summed E-state index contributed by atoms with van der Waals surface area (Å²) in [7, 11) is 0. The zero-order valence-electron chi connectivity index (χ0n) is 13.0. The van der Waals surface area contributed by atoms with E-state index in [4.69, 9.17) is 0 Å². The van der Waals surface area contributed by atoms with Gasteiger partial charge in [-0.25, -0.2) is 8.78 Å². The monoisotopic (exact) mass is 534 g/mol. The van der Waals surface area contributed by atoms with Crippen molar-refractivity contribution in [1.29, 1.82) is 0 Å². The van der Waals surface area contributed by atoms with Crippen LogP contribution in [0.25, 0.3) is 11.1 Å². The lowest BCUT2D eigenvalue weighted by atomic mass is 9.85. The van der Waals surface area contributed by atoms with Crippen LogP contribution in [0.15, 0.2) is 36.4 Å². The molecule has 0 saturated heterocycles. The van der Waals surface area contributed by atoms with Gasteiger partial charge in [0.05, 0.1) is 5.56 Å². The van der Waals surface area contributed by atoms with Crippen LogP contribution in [0, 0.1) is 9.39 Å². The number of benzene rings is 2. The summed E-state index contributed by atoms with van der Waals surface area (Å²) >= 11 is 1.00. The fraction of sp³-hybridized carbons (Fsp3) is 0.250. The highest BCUT2D eigenvalue weighted by molar-refractivity contribution is 14.1. The average molecular weight is 534 g/mol. The molecule has 2 aromatic carbocycles. The van der Waals surface area contributed by atoms with Crippen LogP contribution in [-0.4, -0.2) is 12.4 Å². The third-order valence-electron chi connectivity index (χ3n) is 3.71. The van der Waals surface area contributed by atoms with E-state index < -0.39 is 61.9 Å². The van der Waals surface area contributed by atoms with E-state index in [-0.39, 0.29) is 6.07 Å². The maximum Gasteiger partial charge on any atom is 0.435 e. The van der Waals surface area contributed by atoms with Gasteiger partial charge in [-0.2, -0.15) is 39.5 Å². The Morgan fingerprint density at radius 3 is 1.64 bits per heavy atom. The van der Waals surface area contributed by atoms with Crippen molar-refractivity contribution in [1.82, 2.24) is 0 Å². The summed E-state index contributed by atoms with van der Waals surface area (Å²) in [4.78, 5) is 0. The van der Waals surface area contributed by atoms with Crippen molar-refractivity contribution >= 4 is 22.6 Å². The molecule has 154 valence electrons. The molecule has 0 aromatic heterocycles. The number of halogens is 12. The van der Waals surface area contributed by atoms with Crippen molar-refractivity contribution in [3.8, 4) is 11.1 Å². The predicted octanol–water partition coefficient (Wildman–Crippen LogP) is 7.41. The Hall–Kier alpha value is -1.60. The van der Waals surface area contributed by atoms with Gasteiger partial charge >= 0.3 is 24.2 Å². The summed E-state index contributed by atoms with van der Waals surface area (Å²) in [6.07, 6.45) is -18.7. The lowest BCUT2D eigenvalue weighted by molar-refractivity contribution is -0.348. The quantitative estimate of drug-likeness (QED) is 0.278. The predicted molar refractivity (Wildman–Crippen MR) is 84.5 cm³/mol. The number of rotatable bonds is 2. The second-order valence-electron chi connectivity index (χ2n) is 5.51. The summed E-state index contributed by atoms with van der Waals surface area (Å²) in [6.45, 7) is 0. The number of alkyl halides is 10. The van der Waals surface area contributed by atoms with Crippen LogP contribution in [-0.2, 0) is 11.8 Å². The summed E-state index contributed by atoms with van der Waals surface area (Å²) in [5.74, 6) is -1.34. The van der Waals surface area contributed by atoms with Crippen LogP contribution in [0.4, 0.5) is 48.3 Å². The molecule has 0 aliphatic rings. The molecule has 12 heteroatoms. The Labute approximate surface area is 163 Å². The van der Waals surface area contributed by atoms with Gasteiger partial charge in [-0.1, -0.05) is 18.2 Å². The molecule has 0 atom stereocenters. The highest BCUT2D eigenvalue weighted by Crippen LogP contribution is 2.56. The normalized spacial score (nSPS) is 13.7. The Morgan fingerprint density at radius 2 is 1.21 bits per heavy atom. The van der Waals surface area contributed by atoms with Gasteiger partial charge in [0.1, 0.15) is 5.82 Å². The molecule has 0 bridgehead atoms. The van der Waals surface area contributed by atoms with Crippen LogP contribution in [0.1, 0.15) is 11.1 Å². The van der Waals surface area contributed by atoms with Gasteiger partial charge in [-0.3, -0.25) is 0 Å². The molecule has 0 amide bonds. The van der Waals surface area contributed by atoms with E-state index in [0.717, 1.165) is 40.8 Å². The number of hydrogen-bond acceptors (Lipinski definition) is 0. The van der Waals surface area contributed by atoms with E-state index in [1.54, 1.807) is 0 Å². The maximum atomic E-state index is 14.6. The molecule has 0 nitrogen and oxygen atoms in total. The minimum Gasteiger partial charge on any atom is -0.218 e. The van der Waals surface area contributed by atoms with Gasteiger partial charge in [0.25, 0.3) is 0 Å². The molecule has 0 radical (unpaired) electrons. The lowest BCUT2D eigenvalue weighted by Crippen LogP contribution is -2.51. The van der Waals surface area contributed by atoms with E-state index in [1.165, 1.54) is 0 Å². The second-order valence-corrected chi connectivity index (χ2v) is 6.67.